The molecule has 1 aromatic rings. The second-order valence-corrected chi connectivity index (χ2v) is 7.14. The molecule has 0 radical (unpaired) electrons. The molecule has 0 amide bonds. The molecule has 0 spiro atoms. The zero-order valence-electron chi connectivity index (χ0n) is 12.8. The van der Waals surface area contributed by atoms with Gasteiger partial charge in [-0.15, -0.1) is 11.3 Å². The van der Waals surface area contributed by atoms with E-state index in [1.165, 1.54) is 11.3 Å². The molecule has 2 aliphatic rings. The maximum absolute atomic E-state index is 12.1. The molecule has 0 bridgehead atoms. The Bertz CT molecular complexity index is 579. The number of fused-ring (bicyclic) bond motifs is 1. The third-order valence-electron chi connectivity index (χ3n) is 5.00. The minimum atomic E-state index is -0.893. The van der Waals surface area contributed by atoms with Crippen LogP contribution in [0, 0.1) is 5.41 Å². The maximum Gasteiger partial charge on any atom is 0.317 e. The summed E-state index contributed by atoms with van der Waals surface area (Å²) in [5.41, 5.74) is 1.87. The number of hydrogen-bond donors (Lipinski definition) is 2. The van der Waals surface area contributed by atoms with Crippen molar-refractivity contribution in [1.29, 1.82) is 0 Å². The summed E-state index contributed by atoms with van der Waals surface area (Å²) >= 11 is 1.54. The number of thiazole rings is 1. The summed E-state index contributed by atoms with van der Waals surface area (Å²) in [5, 5.41) is 21.0. The van der Waals surface area contributed by atoms with Gasteiger partial charge in [0.15, 0.2) is 0 Å². The number of aliphatic carboxylic acids is 2. The predicted molar refractivity (Wildman–Crippen MR) is 84.3 cm³/mol. The highest BCUT2D eigenvalue weighted by Crippen LogP contribution is 2.42. The number of nitrogens with zero attached hydrogens (tertiary/aromatic N) is 3. The van der Waals surface area contributed by atoms with Crippen LogP contribution in [0.25, 0.3) is 0 Å². The maximum atomic E-state index is 12.1. The molecule has 7 nitrogen and oxygen atoms in total. The fraction of sp³-hybridized carbons (Fsp3) is 0.667. The van der Waals surface area contributed by atoms with Crippen molar-refractivity contribution in [2.24, 2.45) is 5.41 Å². The predicted octanol–water partition coefficient (Wildman–Crippen LogP) is 0.969. The first-order valence-electron chi connectivity index (χ1n) is 7.80. The van der Waals surface area contributed by atoms with E-state index in [4.69, 9.17) is 5.11 Å². The van der Waals surface area contributed by atoms with Crippen LogP contribution in [-0.2, 0) is 16.1 Å². The highest BCUT2D eigenvalue weighted by Gasteiger charge is 2.53. The average molecular weight is 339 g/mol. The van der Waals surface area contributed by atoms with E-state index in [1.54, 1.807) is 5.51 Å². The van der Waals surface area contributed by atoms with Gasteiger partial charge in [0.25, 0.3) is 0 Å². The molecule has 0 unspecified atom stereocenters. The summed E-state index contributed by atoms with van der Waals surface area (Å²) in [5.74, 6) is -1.70. The Morgan fingerprint density at radius 2 is 2.22 bits per heavy atom. The van der Waals surface area contributed by atoms with Crippen molar-refractivity contribution in [1.82, 2.24) is 14.8 Å². The van der Waals surface area contributed by atoms with Crippen molar-refractivity contribution < 1.29 is 19.8 Å². The molecule has 2 aliphatic heterocycles. The number of rotatable bonds is 5. The first-order chi connectivity index (χ1) is 11.0. The minimum absolute atomic E-state index is 0.0776. The quantitative estimate of drug-likeness (QED) is 0.825. The lowest BCUT2D eigenvalue weighted by Crippen LogP contribution is -2.64. The average Bonchev–Trinajstić information content (AvgIpc) is 2.99. The molecule has 2 fully saturated rings. The zero-order chi connectivity index (χ0) is 16.4. The highest BCUT2D eigenvalue weighted by atomic mass is 32.1. The second-order valence-electron chi connectivity index (χ2n) is 6.42. The van der Waals surface area contributed by atoms with Crippen LogP contribution >= 0.6 is 11.3 Å². The molecule has 2 atom stereocenters. The number of hydrogen-bond acceptors (Lipinski definition) is 6. The van der Waals surface area contributed by atoms with Crippen LogP contribution in [0.15, 0.2) is 10.9 Å². The Kier molecular flexibility index (Phi) is 4.65. The van der Waals surface area contributed by atoms with Gasteiger partial charge in [-0.3, -0.25) is 19.4 Å². The summed E-state index contributed by atoms with van der Waals surface area (Å²) in [6, 6.07) is -0.198. The van der Waals surface area contributed by atoms with Crippen LogP contribution in [0.1, 0.15) is 25.0 Å². The Morgan fingerprint density at radius 3 is 2.87 bits per heavy atom. The Labute approximate surface area is 138 Å². The van der Waals surface area contributed by atoms with Gasteiger partial charge in [-0.05, 0) is 25.8 Å². The van der Waals surface area contributed by atoms with E-state index in [0.29, 0.717) is 32.5 Å². The van der Waals surface area contributed by atoms with E-state index < -0.39 is 17.4 Å². The number of aromatic nitrogens is 1. The van der Waals surface area contributed by atoms with Crippen molar-refractivity contribution >= 4 is 23.3 Å². The lowest BCUT2D eigenvalue weighted by atomic mass is 9.69. The lowest BCUT2D eigenvalue weighted by molar-refractivity contribution is -0.166. The standard InChI is InChI=1S/C15H21N3O4S/c19-13(20)7-18-4-1-3-15(14(21)22)9-17(5-2-12(15)18)6-11-8-23-10-16-11/h8,10,12H,1-7,9H2,(H,19,20)(H,21,22)/t12-,15+/m1/s1. The van der Waals surface area contributed by atoms with Crippen molar-refractivity contribution in [3.63, 3.8) is 0 Å². The van der Waals surface area contributed by atoms with Crippen LogP contribution in [-0.4, -0.2) is 69.2 Å². The molecule has 1 aromatic heterocycles. The van der Waals surface area contributed by atoms with Crippen LogP contribution in [0.4, 0.5) is 0 Å². The first-order valence-corrected chi connectivity index (χ1v) is 8.74. The molecule has 126 valence electrons. The minimum Gasteiger partial charge on any atom is -0.481 e. The molecule has 3 heterocycles. The van der Waals surface area contributed by atoms with Crippen molar-refractivity contribution in [2.75, 3.05) is 26.2 Å². The molecular weight excluding hydrogens is 318 g/mol. The normalized spacial score (nSPS) is 29.1. The van der Waals surface area contributed by atoms with Gasteiger partial charge in [-0.25, -0.2) is 4.98 Å². The summed E-state index contributed by atoms with van der Waals surface area (Å²) in [6.07, 6.45) is 2.01. The molecule has 0 aliphatic carbocycles. The lowest BCUT2D eigenvalue weighted by Gasteiger charge is -2.52. The molecule has 23 heavy (non-hydrogen) atoms. The second kappa shape index (κ2) is 6.54. The fourth-order valence-corrected chi connectivity index (χ4v) is 4.61. The van der Waals surface area contributed by atoms with E-state index in [9.17, 15) is 14.7 Å². The van der Waals surface area contributed by atoms with Gasteiger partial charge in [0.1, 0.15) is 0 Å². The zero-order valence-corrected chi connectivity index (χ0v) is 13.7. The smallest absolute Gasteiger partial charge is 0.317 e. The Hall–Kier alpha value is -1.51. The van der Waals surface area contributed by atoms with E-state index in [-0.39, 0.29) is 12.6 Å². The Balaban J connectivity index is 1.79. The van der Waals surface area contributed by atoms with E-state index in [0.717, 1.165) is 18.7 Å². The van der Waals surface area contributed by atoms with E-state index >= 15 is 0 Å². The Morgan fingerprint density at radius 1 is 1.39 bits per heavy atom. The fourth-order valence-electron chi connectivity index (χ4n) is 4.06. The SMILES string of the molecule is O=C(O)CN1CCC[C@]2(C(=O)O)CN(Cc3cscn3)CC[C@@H]12. The number of likely N-dealkylation sites (tertiary alicyclic amines) is 2. The summed E-state index contributed by atoms with van der Waals surface area (Å²) in [6.45, 7) is 2.47. The van der Waals surface area contributed by atoms with Crippen LogP contribution in [0.5, 0.6) is 0 Å². The van der Waals surface area contributed by atoms with Crippen molar-refractivity contribution in [3.05, 3.63) is 16.6 Å². The molecule has 0 saturated carbocycles. The monoisotopic (exact) mass is 339 g/mol. The molecule has 2 saturated heterocycles. The van der Waals surface area contributed by atoms with Gasteiger partial charge in [0.2, 0.25) is 0 Å². The largest absolute Gasteiger partial charge is 0.481 e. The third kappa shape index (κ3) is 3.24. The topological polar surface area (TPSA) is 94.0 Å². The summed E-state index contributed by atoms with van der Waals surface area (Å²) < 4.78 is 0. The van der Waals surface area contributed by atoms with Gasteiger partial charge < -0.3 is 10.2 Å². The molecule has 2 N–H and O–H groups in total. The van der Waals surface area contributed by atoms with Gasteiger partial charge >= 0.3 is 11.9 Å². The number of carbonyl (C=O) groups is 2. The van der Waals surface area contributed by atoms with Crippen molar-refractivity contribution in [3.8, 4) is 0 Å². The van der Waals surface area contributed by atoms with E-state index in [1.807, 2.05) is 10.3 Å². The molecule has 8 heteroatoms. The summed E-state index contributed by atoms with van der Waals surface area (Å²) in [4.78, 5) is 31.4. The van der Waals surface area contributed by atoms with E-state index in [2.05, 4.69) is 9.88 Å². The van der Waals surface area contributed by atoms with Crippen LogP contribution in [0.3, 0.4) is 0 Å². The number of piperidine rings is 2. The van der Waals surface area contributed by atoms with Gasteiger partial charge in [-0.2, -0.15) is 0 Å². The molecular formula is C15H21N3O4S. The molecule has 3 rings (SSSR count). The molecule has 0 aromatic carbocycles. The van der Waals surface area contributed by atoms with Crippen molar-refractivity contribution in [2.45, 2.75) is 31.8 Å². The number of carboxylic acid groups (broad SMARTS) is 2. The van der Waals surface area contributed by atoms with Crippen LogP contribution in [0.2, 0.25) is 0 Å². The van der Waals surface area contributed by atoms with Gasteiger partial charge in [0.05, 0.1) is 23.2 Å². The number of carboxylic acids is 2. The highest BCUT2D eigenvalue weighted by molar-refractivity contribution is 7.07. The van der Waals surface area contributed by atoms with Gasteiger partial charge in [0, 0.05) is 31.1 Å². The van der Waals surface area contributed by atoms with Gasteiger partial charge in [-0.1, -0.05) is 0 Å². The first kappa shape index (κ1) is 16.4. The third-order valence-corrected chi connectivity index (χ3v) is 5.64. The summed E-state index contributed by atoms with van der Waals surface area (Å²) in [7, 11) is 0. The van der Waals surface area contributed by atoms with Crippen LogP contribution < -0.4 is 0 Å².